The maximum absolute atomic E-state index is 12.2. The number of hydrogen-bond acceptors (Lipinski definition) is 6. The maximum Gasteiger partial charge on any atom is 0.315 e. The van der Waals surface area contributed by atoms with Crippen molar-refractivity contribution in [3.8, 4) is 5.88 Å². The zero-order valence-electron chi connectivity index (χ0n) is 14.2. The van der Waals surface area contributed by atoms with Crippen LogP contribution in [0.3, 0.4) is 0 Å². The van der Waals surface area contributed by atoms with E-state index in [2.05, 4.69) is 30.5 Å². The molecule has 1 fully saturated rings. The lowest BCUT2D eigenvalue weighted by Crippen LogP contribution is -2.50. The molecule has 1 atom stereocenters. The van der Waals surface area contributed by atoms with Crippen LogP contribution in [0.2, 0.25) is 0 Å². The molecule has 0 bridgehead atoms. The number of nitrogens with one attached hydrogen (secondary N) is 2. The molecule has 25 heavy (non-hydrogen) atoms. The third-order valence-corrected chi connectivity index (χ3v) is 4.07. The van der Waals surface area contributed by atoms with Crippen molar-refractivity contribution >= 4 is 12.0 Å². The second-order valence-electron chi connectivity index (χ2n) is 5.83. The second-order valence-corrected chi connectivity index (χ2v) is 5.83. The number of carbonyl (C=O) groups is 1. The number of urea groups is 1. The van der Waals surface area contributed by atoms with Crippen molar-refractivity contribution in [2.45, 2.75) is 25.4 Å². The van der Waals surface area contributed by atoms with Crippen LogP contribution in [0.1, 0.15) is 18.4 Å². The highest BCUT2D eigenvalue weighted by atomic mass is 16.5. The molecule has 2 amide bonds. The van der Waals surface area contributed by atoms with E-state index in [0.717, 1.165) is 24.9 Å². The van der Waals surface area contributed by atoms with E-state index in [1.807, 2.05) is 12.1 Å². The highest BCUT2D eigenvalue weighted by molar-refractivity contribution is 5.74. The minimum Gasteiger partial charge on any atom is -0.481 e. The van der Waals surface area contributed by atoms with Gasteiger partial charge in [-0.05, 0) is 25.0 Å². The van der Waals surface area contributed by atoms with Crippen LogP contribution in [0, 0.1) is 0 Å². The SMILES string of the molecule is COc1ncccc1CNC(=O)NC1CCCN(c2ncccn2)C1. The van der Waals surface area contributed by atoms with Crippen LogP contribution in [0.15, 0.2) is 36.8 Å². The fourth-order valence-corrected chi connectivity index (χ4v) is 2.89. The van der Waals surface area contributed by atoms with Gasteiger partial charge in [0.05, 0.1) is 7.11 Å². The highest BCUT2D eigenvalue weighted by Crippen LogP contribution is 2.15. The lowest BCUT2D eigenvalue weighted by Gasteiger charge is -2.33. The molecule has 0 radical (unpaired) electrons. The number of ether oxygens (including phenoxy) is 1. The molecule has 1 aliphatic heterocycles. The van der Waals surface area contributed by atoms with E-state index in [9.17, 15) is 4.79 Å². The van der Waals surface area contributed by atoms with E-state index in [4.69, 9.17) is 4.74 Å². The van der Waals surface area contributed by atoms with Crippen molar-refractivity contribution < 1.29 is 9.53 Å². The van der Waals surface area contributed by atoms with Crippen LogP contribution < -0.4 is 20.3 Å². The van der Waals surface area contributed by atoms with E-state index < -0.39 is 0 Å². The Kier molecular flexibility index (Phi) is 5.61. The van der Waals surface area contributed by atoms with Crippen LogP contribution in [0.4, 0.5) is 10.7 Å². The molecular formula is C17H22N6O2. The number of carbonyl (C=O) groups excluding carboxylic acids is 1. The average molecular weight is 342 g/mol. The smallest absolute Gasteiger partial charge is 0.315 e. The van der Waals surface area contributed by atoms with E-state index in [1.54, 1.807) is 31.8 Å². The van der Waals surface area contributed by atoms with Gasteiger partial charge in [0.1, 0.15) is 0 Å². The summed E-state index contributed by atoms with van der Waals surface area (Å²) in [6.45, 7) is 1.96. The Morgan fingerprint density at radius 3 is 2.88 bits per heavy atom. The van der Waals surface area contributed by atoms with E-state index in [0.29, 0.717) is 24.9 Å². The number of aromatic nitrogens is 3. The van der Waals surface area contributed by atoms with E-state index in [1.165, 1.54) is 0 Å². The van der Waals surface area contributed by atoms with Gasteiger partial charge in [-0.1, -0.05) is 6.07 Å². The molecule has 0 aromatic carbocycles. The van der Waals surface area contributed by atoms with Crippen molar-refractivity contribution in [1.82, 2.24) is 25.6 Å². The molecule has 8 nitrogen and oxygen atoms in total. The largest absolute Gasteiger partial charge is 0.481 e. The summed E-state index contributed by atoms with van der Waals surface area (Å²) in [4.78, 5) is 27.0. The summed E-state index contributed by atoms with van der Waals surface area (Å²) in [5.41, 5.74) is 0.836. The fraction of sp³-hybridized carbons (Fsp3) is 0.412. The maximum atomic E-state index is 12.2. The Bertz CT molecular complexity index is 697. The number of amides is 2. The van der Waals surface area contributed by atoms with Gasteiger partial charge < -0.3 is 20.3 Å². The van der Waals surface area contributed by atoms with Crippen molar-refractivity contribution in [3.63, 3.8) is 0 Å². The zero-order chi connectivity index (χ0) is 17.5. The quantitative estimate of drug-likeness (QED) is 0.852. The number of hydrogen-bond donors (Lipinski definition) is 2. The van der Waals surface area contributed by atoms with E-state index in [-0.39, 0.29) is 12.1 Å². The lowest BCUT2D eigenvalue weighted by atomic mass is 10.1. The number of pyridine rings is 1. The van der Waals surface area contributed by atoms with Gasteiger partial charge in [-0.3, -0.25) is 0 Å². The Morgan fingerprint density at radius 1 is 1.28 bits per heavy atom. The van der Waals surface area contributed by atoms with Gasteiger partial charge in [-0.2, -0.15) is 0 Å². The van der Waals surface area contributed by atoms with Gasteiger partial charge in [-0.15, -0.1) is 0 Å². The summed E-state index contributed by atoms with van der Waals surface area (Å²) >= 11 is 0. The number of piperidine rings is 1. The number of methoxy groups -OCH3 is 1. The molecule has 8 heteroatoms. The average Bonchev–Trinajstić information content (AvgIpc) is 2.67. The van der Waals surface area contributed by atoms with Crippen molar-refractivity contribution in [2.24, 2.45) is 0 Å². The molecule has 1 unspecified atom stereocenters. The number of nitrogens with zero attached hydrogens (tertiary/aromatic N) is 4. The molecular weight excluding hydrogens is 320 g/mol. The summed E-state index contributed by atoms with van der Waals surface area (Å²) in [5, 5.41) is 5.87. The van der Waals surface area contributed by atoms with Crippen LogP contribution in [-0.4, -0.2) is 47.2 Å². The van der Waals surface area contributed by atoms with Crippen molar-refractivity contribution in [3.05, 3.63) is 42.4 Å². The standard InChI is InChI=1S/C17H22N6O2/c1-25-15-13(5-2-7-18-15)11-21-17(24)22-14-6-3-10-23(12-14)16-19-8-4-9-20-16/h2,4-5,7-9,14H,3,6,10-12H2,1H3,(H2,21,22,24). The summed E-state index contributed by atoms with van der Waals surface area (Å²) in [7, 11) is 1.56. The fourth-order valence-electron chi connectivity index (χ4n) is 2.89. The monoisotopic (exact) mass is 342 g/mol. The van der Waals surface area contributed by atoms with Crippen LogP contribution in [-0.2, 0) is 6.54 Å². The Labute approximate surface area is 146 Å². The Hall–Kier alpha value is -2.90. The zero-order valence-corrected chi connectivity index (χ0v) is 14.2. The number of rotatable bonds is 5. The van der Waals surface area contributed by atoms with Crippen LogP contribution in [0.25, 0.3) is 0 Å². The predicted octanol–water partition coefficient (Wildman–Crippen LogP) is 1.35. The first-order valence-electron chi connectivity index (χ1n) is 8.30. The normalized spacial score (nSPS) is 17.0. The first-order chi connectivity index (χ1) is 12.3. The molecule has 1 aliphatic rings. The molecule has 2 N–H and O–H groups in total. The third-order valence-electron chi connectivity index (χ3n) is 4.07. The molecule has 132 valence electrons. The lowest BCUT2D eigenvalue weighted by molar-refractivity contribution is 0.234. The summed E-state index contributed by atoms with van der Waals surface area (Å²) in [5.74, 6) is 1.22. The van der Waals surface area contributed by atoms with Gasteiger partial charge in [0, 0.05) is 49.8 Å². The van der Waals surface area contributed by atoms with Gasteiger partial charge in [0.15, 0.2) is 0 Å². The summed E-state index contributed by atoms with van der Waals surface area (Å²) < 4.78 is 5.19. The molecule has 0 aliphatic carbocycles. The minimum atomic E-state index is -0.202. The molecule has 3 heterocycles. The third kappa shape index (κ3) is 4.56. The molecule has 3 rings (SSSR count). The Morgan fingerprint density at radius 2 is 2.08 bits per heavy atom. The molecule has 0 spiro atoms. The first kappa shape index (κ1) is 16.9. The number of anilines is 1. The van der Waals surface area contributed by atoms with Crippen molar-refractivity contribution in [2.75, 3.05) is 25.1 Å². The molecule has 0 saturated carbocycles. The van der Waals surface area contributed by atoms with Crippen LogP contribution >= 0.6 is 0 Å². The first-order valence-corrected chi connectivity index (χ1v) is 8.30. The molecule has 1 saturated heterocycles. The van der Waals surface area contributed by atoms with Gasteiger partial charge in [-0.25, -0.2) is 19.7 Å². The molecule has 2 aromatic rings. The van der Waals surface area contributed by atoms with Crippen molar-refractivity contribution in [1.29, 1.82) is 0 Å². The van der Waals surface area contributed by atoms with Crippen LogP contribution in [0.5, 0.6) is 5.88 Å². The van der Waals surface area contributed by atoms with Gasteiger partial charge in [0.25, 0.3) is 0 Å². The highest BCUT2D eigenvalue weighted by Gasteiger charge is 2.22. The summed E-state index contributed by atoms with van der Waals surface area (Å²) in [6, 6.07) is 5.35. The minimum absolute atomic E-state index is 0.0633. The van der Waals surface area contributed by atoms with E-state index >= 15 is 0 Å². The van der Waals surface area contributed by atoms with Gasteiger partial charge >= 0.3 is 6.03 Å². The summed E-state index contributed by atoms with van der Waals surface area (Å²) in [6.07, 6.45) is 7.04. The second kappa shape index (κ2) is 8.27. The Balaban J connectivity index is 1.51. The van der Waals surface area contributed by atoms with Gasteiger partial charge in [0.2, 0.25) is 11.8 Å². The topological polar surface area (TPSA) is 92.3 Å². The predicted molar refractivity (Wildman–Crippen MR) is 93.4 cm³/mol. The molecule has 2 aromatic heterocycles.